The van der Waals surface area contributed by atoms with E-state index in [1.54, 1.807) is 6.07 Å². The van der Waals surface area contributed by atoms with Gasteiger partial charge in [0.2, 0.25) is 0 Å². The normalized spacial score (nSPS) is 10.5. The maximum Gasteiger partial charge on any atom is 0.289 e. The summed E-state index contributed by atoms with van der Waals surface area (Å²) in [6.07, 6.45) is 0.583. The predicted molar refractivity (Wildman–Crippen MR) is 67.4 cm³/mol. The molecule has 0 amide bonds. The molecule has 17 heavy (non-hydrogen) atoms. The third-order valence-electron chi connectivity index (χ3n) is 2.65. The maximum atomic E-state index is 11.8. The third-order valence-corrected chi connectivity index (χ3v) is 2.65. The van der Waals surface area contributed by atoms with Crippen LogP contribution >= 0.6 is 0 Å². The van der Waals surface area contributed by atoms with Crippen LogP contribution < -0.4 is 11.4 Å². The average Bonchev–Trinajstić information content (AvgIpc) is 2.28. The van der Waals surface area contributed by atoms with Gasteiger partial charge in [-0.05, 0) is 25.5 Å². The fourth-order valence-electron chi connectivity index (χ4n) is 1.76. The highest BCUT2D eigenvalue weighted by atomic mass is 16.1. The van der Waals surface area contributed by atoms with Crippen molar-refractivity contribution in [1.29, 1.82) is 0 Å². The molecule has 0 aliphatic heterocycles. The summed E-state index contributed by atoms with van der Waals surface area (Å²) in [5.74, 6) is 5.49. The van der Waals surface area contributed by atoms with Gasteiger partial charge in [0.1, 0.15) is 0 Å². The molecule has 0 spiro atoms. The summed E-state index contributed by atoms with van der Waals surface area (Å²) in [7, 11) is 0. The zero-order valence-electron chi connectivity index (χ0n) is 9.97. The number of benzene rings is 1. The smallest absolute Gasteiger partial charge is 0.289 e. The molecule has 2 aromatic rings. The molecular weight excluding hydrogens is 214 g/mol. The number of aryl methyl sites for hydroxylation is 2. The van der Waals surface area contributed by atoms with Gasteiger partial charge in [-0.15, -0.1) is 4.79 Å². The van der Waals surface area contributed by atoms with Crippen molar-refractivity contribution in [2.75, 3.05) is 5.84 Å². The largest absolute Gasteiger partial charge is 0.320 e. The van der Waals surface area contributed by atoms with E-state index in [1.807, 2.05) is 38.1 Å². The molecule has 0 saturated heterocycles. The first kappa shape index (κ1) is 11.4. The number of hydrogen-bond donors (Lipinski definition) is 1. The van der Waals surface area contributed by atoms with E-state index in [2.05, 4.69) is 5.10 Å². The van der Waals surface area contributed by atoms with Gasteiger partial charge >= 0.3 is 0 Å². The minimum atomic E-state index is -0.240. The predicted octanol–water partition coefficient (Wildman–Crippen LogP) is 1.16. The molecule has 2 rings (SSSR count). The SMILES string of the molecule is Cc1ccc(Cc2cc(C)nn(N)c2=O)cc1. The Hall–Kier alpha value is -2.10. The van der Waals surface area contributed by atoms with E-state index < -0.39 is 0 Å². The molecule has 1 aromatic heterocycles. The number of hydrogen-bond acceptors (Lipinski definition) is 3. The first-order valence-corrected chi connectivity index (χ1v) is 5.47. The lowest BCUT2D eigenvalue weighted by Crippen LogP contribution is -2.32. The first-order chi connectivity index (χ1) is 8.06. The molecule has 0 fully saturated rings. The van der Waals surface area contributed by atoms with E-state index in [9.17, 15) is 4.79 Å². The number of rotatable bonds is 2. The van der Waals surface area contributed by atoms with Gasteiger partial charge in [0.05, 0.1) is 5.69 Å². The van der Waals surface area contributed by atoms with Crippen molar-refractivity contribution < 1.29 is 0 Å². The minimum absolute atomic E-state index is 0.240. The van der Waals surface area contributed by atoms with Gasteiger partial charge in [-0.1, -0.05) is 29.8 Å². The Kier molecular flexibility index (Phi) is 2.95. The summed E-state index contributed by atoms with van der Waals surface area (Å²) in [5.41, 5.74) is 3.48. The van der Waals surface area contributed by atoms with Crippen molar-refractivity contribution in [3.05, 3.63) is 63.1 Å². The van der Waals surface area contributed by atoms with Gasteiger partial charge in [0, 0.05) is 12.0 Å². The van der Waals surface area contributed by atoms with Crippen molar-refractivity contribution in [3.8, 4) is 0 Å². The van der Waals surface area contributed by atoms with Crippen molar-refractivity contribution in [2.45, 2.75) is 20.3 Å². The standard InChI is InChI=1S/C13H15N3O/c1-9-3-5-11(6-4-9)8-12-7-10(2)15-16(14)13(12)17/h3-7H,8,14H2,1-2H3. The Bertz CT molecular complexity index is 585. The Morgan fingerprint density at radius 3 is 2.53 bits per heavy atom. The second kappa shape index (κ2) is 4.41. The molecular formula is C13H15N3O. The molecule has 88 valence electrons. The Labute approximate surface area is 99.7 Å². The zero-order chi connectivity index (χ0) is 12.4. The summed E-state index contributed by atoms with van der Waals surface area (Å²) in [5, 5.41) is 3.87. The number of nitrogens with zero attached hydrogens (tertiary/aromatic N) is 2. The van der Waals surface area contributed by atoms with Gasteiger partial charge in [-0.2, -0.15) is 5.10 Å². The van der Waals surface area contributed by atoms with E-state index in [-0.39, 0.29) is 5.56 Å². The molecule has 4 heteroatoms. The Morgan fingerprint density at radius 2 is 1.88 bits per heavy atom. The number of nitrogen functional groups attached to an aromatic ring is 1. The highest BCUT2D eigenvalue weighted by Crippen LogP contribution is 2.08. The number of aromatic nitrogens is 2. The van der Waals surface area contributed by atoms with Crippen LogP contribution in [0.3, 0.4) is 0 Å². The van der Waals surface area contributed by atoms with Crippen molar-refractivity contribution in [3.63, 3.8) is 0 Å². The molecule has 4 nitrogen and oxygen atoms in total. The summed E-state index contributed by atoms with van der Waals surface area (Å²) in [4.78, 5) is 12.7. The molecule has 0 atom stereocenters. The maximum absolute atomic E-state index is 11.8. The molecule has 0 aliphatic rings. The lowest BCUT2D eigenvalue weighted by molar-refractivity contribution is 0.731. The lowest BCUT2D eigenvalue weighted by atomic mass is 10.0. The van der Waals surface area contributed by atoms with Gasteiger partial charge in [-0.3, -0.25) is 4.79 Å². The van der Waals surface area contributed by atoms with Crippen molar-refractivity contribution >= 4 is 0 Å². The molecule has 0 saturated carbocycles. The summed E-state index contributed by atoms with van der Waals surface area (Å²) in [6, 6.07) is 9.89. The lowest BCUT2D eigenvalue weighted by Gasteiger charge is -2.05. The summed E-state index contributed by atoms with van der Waals surface area (Å²) in [6.45, 7) is 3.86. The van der Waals surface area contributed by atoms with Crippen LogP contribution in [0.4, 0.5) is 0 Å². The van der Waals surface area contributed by atoms with Gasteiger partial charge in [0.15, 0.2) is 0 Å². The average molecular weight is 229 g/mol. The topological polar surface area (TPSA) is 60.9 Å². The zero-order valence-corrected chi connectivity index (χ0v) is 9.97. The molecule has 0 bridgehead atoms. The molecule has 0 unspecified atom stereocenters. The van der Waals surface area contributed by atoms with E-state index in [0.29, 0.717) is 12.0 Å². The Balaban J connectivity index is 2.36. The minimum Gasteiger partial charge on any atom is -0.320 e. The van der Waals surface area contributed by atoms with Crippen LogP contribution in [0.1, 0.15) is 22.4 Å². The van der Waals surface area contributed by atoms with E-state index in [0.717, 1.165) is 16.0 Å². The fourth-order valence-corrected chi connectivity index (χ4v) is 1.76. The van der Waals surface area contributed by atoms with Crippen LogP contribution in [0.25, 0.3) is 0 Å². The van der Waals surface area contributed by atoms with Gasteiger partial charge in [-0.25, -0.2) is 0 Å². The fraction of sp³-hybridized carbons (Fsp3) is 0.231. The van der Waals surface area contributed by atoms with Crippen LogP contribution in [0.15, 0.2) is 35.1 Å². The van der Waals surface area contributed by atoms with Crippen LogP contribution in [-0.2, 0) is 6.42 Å². The van der Waals surface area contributed by atoms with Crippen LogP contribution in [0, 0.1) is 13.8 Å². The van der Waals surface area contributed by atoms with Crippen LogP contribution in [0.5, 0.6) is 0 Å². The quantitative estimate of drug-likeness (QED) is 0.786. The first-order valence-electron chi connectivity index (χ1n) is 5.47. The molecule has 0 radical (unpaired) electrons. The van der Waals surface area contributed by atoms with Crippen molar-refractivity contribution in [1.82, 2.24) is 9.89 Å². The van der Waals surface area contributed by atoms with Gasteiger partial charge in [0.25, 0.3) is 5.56 Å². The second-order valence-corrected chi connectivity index (χ2v) is 4.22. The second-order valence-electron chi connectivity index (χ2n) is 4.22. The van der Waals surface area contributed by atoms with Crippen LogP contribution in [-0.4, -0.2) is 9.89 Å². The number of nitrogens with two attached hydrogens (primary N) is 1. The highest BCUT2D eigenvalue weighted by Gasteiger charge is 2.05. The molecule has 1 heterocycles. The van der Waals surface area contributed by atoms with E-state index in [1.165, 1.54) is 5.56 Å². The summed E-state index contributed by atoms with van der Waals surface area (Å²) >= 11 is 0. The van der Waals surface area contributed by atoms with Gasteiger partial charge < -0.3 is 5.84 Å². The monoisotopic (exact) mass is 229 g/mol. The highest BCUT2D eigenvalue weighted by molar-refractivity contribution is 5.27. The van der Waals surface area contributed by atoms with Crippen LogP contribution in [0.2, 0.25) is 0 Å². The summed E-state index contributed by atoms with van der Waals surface area (Å²) < 4.78 is 0. The molecule has 1 aromatic carbocycles. The van der Waals surface area contributed by atoms with Crippen molar-refractivity contribution in [2.24, 2.45) is 0 Å². The third kappa shape index (κ3) is 2.53. The van der Waals surface area contributed by atoms with E-state index in [4.69, 9.17) is 5.84 Å². The molecule has 2 N–H and O–H groups in total. The Morgan fingerprint density at radius 1 is 1.24 bits per heavy atom. The van der Waals surface area contributed by atoms with E-state index >= 15 is 0 Å². The molecule has 0 aliphatic carbocycles.